The topological polar surface area (TPSA) is 139 Å². The van der Waals surface area contributed by atoms with Crippen molar-refractivity contribution in [3.8, 4) is 0 Å². The summed E-state index contributed by atoms with van der Waals surface area (Å²) in [5, 5.41) is 5.03. The SMILES string of the molecule is CCc1[nH]c2nc(Sc3cnc4nccnc4c3)nc(N3CC(NC(=O)c4cccc(N)c4)C3)c2c1Cl. The number of aryl methyl sites for hydroxylation is 1. The Kier molecular flexibility index (Phi) is 6.01. The van der Waals surface area contributed by atoms with Gasteiger partial charge >= 0.3 is 0 Å². The van der Waals surface area contributed by atoms with Crippen LogP contribution in [0.15, 0.2) is 59.0 Å². The molecule has 1 aliphatic heterocycles. The zero-order valence-electron chi connectivity index (χ0n) is 19.8. The average molecular weight is 532 g/mol. The van der Waals surface area contributed by atoms with Gasteiger partial charge in [0.25, 0.3) is 5.91 Å². The summed E-state index contributed by atoms with van der Waals surface area (Å²) in [6, 6.07) is 8.83. The van der Waals surface area contributed by atoms with Crippen LogP contribution in [0.4, 0.5) is 11.5 Å². The number of carbonyl (C=O) groups excluding carboxylic acids is 1. The highest BCUT2D eigenvalue weighted by Crippen LogP contribution is 2.38. The van der Waals surface area contributed by atoms with Crippen molar-refractivity contribution in [1.82, 2.24) is 35.2 Å². The van der Waals surface area contributed by atoms with Crippen molar-refractivity contribution in [2.24, 2.45) is 0 Å². The van der Waals surface area contributed by atoms with Crippen LogP contribution < -0.4 is 16.0 Å². The summed E-state index contributed by atoms with van der Waals surface area (Å²) in [6.07, 6.45) is 5.73. The molecule has 37 heavy (non-hydrogen) atoms. The fraction of sp³-hybridized carbons (Fsp3) is 0.200. The fourth-order valence-corrected chi connectivity index (χ4v) is 5.39. The van der Waals surface area contributed by atoms with Crippen molar-refractivity contribution in [2.75, 3.05) is 23.7 Å². The average Bonchev–Trinajstić information content (AvgIpc) is 3.20. The largest absolute Gasteiger partial charge is 0.399 e. The predicted molar refractivity (Wildman–Crippen MR) is 144 cm³/mol. The standard InChI is InChI=1S/C25H22ClN9OS/c1-2-17-20(26)19-22(32-17)33-25(37-16-9-18-21(30-10-16)29-7-6-28-18)34-23(19)35-11-15(12-35)31-24(36)13-4-3-5-14(27)8-13/h3-10,15H,2,11-12,27H2,1H3,(H,31,36)(H,32,33,34). The molecule has 10 nitrogen and oxygen atoms in total. The highest BCUT2D eigenvalue weighted by Gasteiger charge is 2.32. The number of carbonyl (C=O) groups is 1. The van der Waals surface area contributed by atoms with Crippen molar-refractivity contribution in [2.45, 2.75) is 29.4 Å². The Balaban J connectivity index is 1.27. The Morgan fingerprint density at radius 2 is 2.05 bits per heavy atom. The van der Waals surface area contributed by atoms with Crippen LogP contribution in [0.2, 0.25) is 5.02 Å². The maximum atomic E-state index is 12.6. The number of aromatic nitrogens is 6. The van der Waals surface area contributed by atoms with Crippen LogP contribution in [0.1, 0.15) is 23.0 Å². The highest BCUT2D eigenvalue weighted by atomic mass is 35.5. The van der Waals surface area contributed by atoms with Gasteiger partial charge in [-0.3, -0.25) is 9.78 Å². The lowest BCUT2D eigenvalue weighted by molar-refractivity contribution is 0.0930. The van der Waals surface area contributed by atoms with Gasteiger partial charge in [0, 0.05) is 53.5 Å². The Bertz CT molecular complexity index is 1650. The number of nitrogens with zero attached hydrogens (tertiary/aromatic N) is 6. The third-order valence-electron chi connectivity index (χ3n) is 6.15. The molecule has 0 unspecified atom stereocenters. The maximum Gasteiger partial charge on any atom is 0.251 e. The first-order valence-electron chi connectivity index (χ1n) is 11.7. The van der Waals surface area contributed by atoms with Gasteiger partial charge in [-0.2, -0.15) is 0 Å². The van der Waals surface area contributed by atoms with Gasteiger partial charge in [0.05, 0.1) is 16.5 Å². The van der Waals surface area contributed by atoms with Crippen LogP contribution in [0.25, 0.3) is 22.2 Å². The van der Waals surface area contributed by atoms with Crippen LogP contribution in [-0.2, 0) is 6.42 Å². The normalized spacial score (nSPS) is 13.7. The number of pyridine rings is 1. The summed E-state index contributed by atoms with van der Waals surface area (Å²) in [5.41, 5.74) is 9.78. The Morgan fingerprint density at radius 1 is 1.22 bits per heavy atom. The first-order chi connectivity index (χ1) is 18.0. The van der Waals surface area contributed by atoms with Crippen LogP contribution in [-0.4, -0.2) is 54.9 Å². The van der Waals surface area contributed by atoms with E-state index < -0.39 is 0 Å². The molecule has 0 bridgehead atoms. The molecule has 0 spiro atoms. The molecule has 0 aliphatic carbocycles. The Morgan fingerprint density at radius 3 is 2.86 bits per heavy atom. The quantitative estimate of drug-likeness (QED) is 0.220. The second-order valence-corrected chi connectivity index (χ2v) is 10.1. The second-order valence-electron chi connectivity index (χ2n) is 8.70. The van der Waals surface area contributed by atoms with Crippen molar-refractivity contribution < 1.29 is 4.79 Å². The minimum Gasteiger partial charge on any atom is -0.399 e. The van der Waals surface area contributed by atoms with Gasteiger partial charge in [-0.15, -0.1) is 0 Å². The molecule has 4 aromatic heterocycles. The lowest BCUT2D eigenvalue weighted by atomic mass is 10.1. The third-order valence-corrected chi connectivity index (χ3v) is 7.39. The monoisotopic (exact) mass is 531 g/mol. The first-order valence-corrected chi connectivity index (χ1v) is 12.9. The molecule has 0 radical (unpaired) electrons. The maximum absolute atomic E-state index is 12.6. The van der Waals surface area contributed by atoms with Crippen molar-refractivity contribution in [1.29, 1.82) is 0 Å². The lowest BCUT2D eigenvalue weighted by Gasteiger charge is -2.40. The van der Waals surface area contributed by atoms with E-state index in [-0.39, 0.29) is 11.9 Å². The molecule has 6 rings (SSSR count). The second kappa shape index (κ2) is 9.49. The summed E-state index contributed by atoms with van der Waals surface area (Å²) >= 11 is 8.12. The fourth-order valence-electron chi connectivity index (χ4n) is 4.28. The first kappa shape index (κ1) is 23.4. The number of aromatic amines is 1. The van der Waals surface area contributed by atoms with E-state index in [0.717, 1.165) is 28.2 Å². The van der Waals surface area contributed by atoms with Gasteiger partial charge in [-0.05, 0) is 42.4 Å². The van der Waals surface area contributed by atoms with E-state index in [9.17, 15) is 4.79 Å². The Labute approximate surface area is 221 Å². The molecule has 1 aliphatic rings. The number of nitrogens with two attached hydrogens (primary N) is 1. The number of fused-ring (bicyclic) bond motifs is 2. The number of nitrogens with one attached hydrogen (secondary N) is 2. The van der Waals surface area contributed by atoms with E-state index in [2.05, 4.69) is 30.2 Å². The van der Waals surface area contributed by atoms with Gasteiger partial charge < -0.3 is 20.9 Å². The molecule has 4 N–H and O–H groups in total. The number of halogens is 1. The molecule has 5 heterocycles. The minimum absolute atomic E-state index is 0.0262. The molecule has 12 heteroatoms. The summed E-state index contributed by atoms with van der Waals surface area (Å²) < 4.78 is 0. The molecule has 1 amide bonds. The third kappa shape index (κ3) is 4.51. The van der Waals surface area contributed by atoms with Crippen LogP contribution in [0, 0.1) is 0 Å². The van der Waals surface area contributed by atoms with E-state index in [0.29, 0.717) is 51.3 Å². The highest BCUT2D eigenvalue weighted by molar-refractivity contribution is 7.99. The van der Waals surface area contributed by atoms with E-state index >= 15 is 0 Å². The molecular weight excluding hydrogens is 510 g/mol. The van der Waals surface area contributed by atoms with E-state index in [1.54, 1.807) is 42.9 Å². The van der Waals surface area contributed by atoms with Crippen molar-refractivity contribution in [3.63, 3.8) is 0 Å². The number of nitrogen functional groups attached to an aromatic ring is 1. The van der Waals surface area contributed by atoms with Gasteiger partial charge in [-0.25, -0.2) is 19.9 Å². The smallest absolute Gasteiger partial charge is 0.251 e. The number of anilines is 2. The molecule has 5 aromatic rings. The molecule has 0 saturated carbocycles. The van der Waals surface area contributed by atoms with E-state index in [4.69, 9.17) is 27.3 Å². The minimum atomic E-state index is -0.152. The molecule has 0 atom stereocenters. The van der Waals surface area contributed by atoms with Crippen LogP contribution >= 0.6 is 23.4 Å². The molecular formula is C25H22ClN9OS. The summed E-state index contributed by atoms with van der Waals surface area (Å²) in [6.45, 7) is 3.23. The van der Waals surface area contributed by atoms with Gasteiger partial charge in [0.2, 0.25) is 0 Å². The Hall–Kier alpha value is -3.96. The summed E-state index contributed by atoms with van der Waals surface area (Å²) in [7, 11) is 0. The number of benzene rings is 1. The van der Waals surface area contributed by atoms with Crippen molar-refractivity contribution >= 4 is 63.0 Å². The predicted octanol–water partition coefficient (Wildman–Crippen LogP) is 3.86. The number of hydrogen-bond acceptors (Lipinski definition) is 9. The molecule has 186 valence electrons. The van der Waals surface area contributed by atoms with E-state index in [1.807, 2.05) is 13.0 Å². The zero-order chi connectivity index (χ0) is 25.5. The number of rotatable bonds is 6. The number of amides is 1. The number of hydrogen-bond donors (Lipinski definition) is 3. The van der Waals surface area contributed by atoms with Crippen LogP contribution in [0.5, 0.6) is 0 Å². The van der Waals surface area contributed by atoms with Gasteiger partial charge in [0.15, 0.2) is 10.8 Å². The van der Waals surface area contributed by atoms with Crippen LogP contribution in [0.3, 0.4) is 0 Å². The molecule has 1 aromatic carbocycles. The summed E-state index contributed by atoms with van der Waals surface area (Å²) in [5.74, 6) is 0.581. The zero-order valence-corrected chi connectivity index (χ0v) is 21.3. The van der Waals surface area contributed by atoms with Crippen molar-refractivity contribution in [3.05, 3.63) is 65.2 Å². The molecule has 1 saturated heterocycles. The molecule has 1 fully saturated rings. The lowest BCUT2D eigenvalue weighted by Crippen LogP contribution is -2.59. The van der Waals surface area contributed by atoms with E-state index in [1.165, 1.54) is 11.8 Å². The van der Waals surface area contributed by atoms with Gasteiger partial charge in [-0.1, -0.05) is 24.6 Å². The summed E-state index contributed by atoms with van der Waals surface area (Å²) in [4.78, 5) is 41.5. The van der Waals surface area contributed by atoms with Gasteiger partial charge in [0.1, 0.15) is 17.0 Å². The number of H-pyrrole nitrogens is 1.